The van der Waals surface area contributed by atoms with Crippen molar-refractivity contribution in [2.24, 2.45) is 28.8 Å². The van der Waals surface area contributed by atoms with Crippen molar-refractivity contribution in [2.45, 2.75) is 19.4 Å². The number of hydrogen-bond donors (Lipinski definition) is 0. The number of fused-ring (bicyclic) bond motifs is 1. The molecule has 2 fully saturated rings. The maximum absolute atomic E-state index is 12.8. The van der Waals surface area contributed by atoms with E-state index in [0.29, 0.717) is 11.6 Å². The Morgan fingerprint density at radius 3 is 2.10 bits per heavy atom. The molecule has 2 aromatic carbocycles. The van der Waals surface area contributed by atoms with Gasteiger partial charge < -0.3 is 4.74 Å². The number of carbonyl (C=O) groups excluding carboxylic acids is 2. The number of allylic oxidation sites excluding steroid dienone is 2. The van der Waals surface area contributed by atoms with E-state index < -0.39 is 0 Å². The topological polar surface area (TPSA) is 59.0 Å². The maximum Gasteiger partial charge on any atom is 0.254 e. The van der Waals surface area contributed by atoms with Gasteiger partial charge in [-0.25, -0.2) is 0 Å². The van der Waals surface area contributed by atoms with Crippen LogP contribution in [-0.4, -0.2) is 23.0 Å². The number of hydrogen-bond acceptors (Lipinski definition) is 4. The fourth-order valence-corrected chi connectivity index (χ4v) is 4.82. The van der Waals surface area contributed by atoms with Crippen LogP contribution in [0.4, 0.5) is 0 Å². The lowest BCUT2D eigenvalue weighted by Gasteiger charge is -2.37. The molecular formula is C24H21ClN2O3. The molecule has 3 aliphatic carbocycles. The fraction of sp³-hybridized carbons (Fsp3) is 0.292. The smallest absolute Gasteiger partial charge is 0.254 e. The van der Waals surface area contributed by atoms with Gasteiger partial charge in [-0.05, 0) is 72.2 Å². The van der Waals surface area contributed by atoms with Gasteiger partial charge in [0.15, 0.2) is 0 Å². The number of benzene rings is 2. The first-order valence-electron chi connectivity index (χ1n) is 10.2. The zero-order valence-electron chi connectivity index (χ0n) is 16.3. The van der Waals surface area contributed by atoms with Gasteiger partial charge in [0.2, 0.25) is 0 Å². The second-order valence-electron chi connectivity index (χ2n) is 8.06. The molecule has 4 aliphatic rings. The van der Waals surface area contributed by atoms with Gasteiger partial charge in [-0.1, -0.05) is 35.9 Å². The van der Waals surface area contributed by atoms with Crippen molar-refractivity contribution >= 4 is 29.6 Å². The van der Waals surface area contributed by atoms with Crippen LogP contribution in [0.3, 0.4) is 0 Å². The summed E-state index contributed by atoms with van der Waals surface area (Å²) in [5.74, 6) is 0.280. The monoisotopic (exact) mass is 420 g/mol. The molecule has 1 aliphatic heterocycles. The Labute approximate surface area is 180 Å². The lowest BCUT2D eigenvalue weighted by atomic mass is 9.63. The molecule has 1 saturated carbocycles. The quantitative estimate of drug-likeness (QED) is 0.408. The number of hydrazone groups is 1. The van der Waals surface area contributed by atoms with Crippen LogP contribution >= 0.6 is 11.6 Å². The lowest BCUT2D eigenvalue weighted by molar-refractivity contribution is -0.140. The Balaban J connectivity index is 1.23. The Bertz CT molecular complexity index is 997. The first kappa shape index (κ1) is 19.1. The van der Waals surface area contributed by atoms with E-state index in [9.17, 15) is 9.59 Å². The molecule has 30 heavy (non-hydrogen) atoms. The largest absolute Gasteiger partial charge is 0.489 e. The minimum absolute atomic E-state index is 0.164. The van der Waals surface area contributed by atoms with Gasteiger partial charge in [0.1, 0.15) is 12.4 Å². The first-order chi connectivity index (χ1) is 14.6. The summed E-state index contributed by atoms with van der Waals surface area (Å²) in [7, 11) is 0. The highest BCUT2D eigenvalue weighted by Crippen LogP contribution is 2.49. The van der Waals surface area contributed by atoms with Crippen LogP contribution in [-0.2, 0) is 16.2 Å². The number of ether oxygens (including phenoxy) is 1. The van der Waals surface area contributed by atoms with Crippen LogP contribution in [0.15, 0.2) is 65.8 Å². The van der Waals surface area contributed by atoms with Crippen LogP contribution in [0.5, 0.6) is 5.75 Å². The minimum atomic E-state index is -0.234. The second-order valence-corrected chi connectivity index (χ2v) is 8.49. The third-order valence-electron chi connectivity index (χ3n) is 6.26. The Morgan fingerprint density at radius 2 is 1.53 bits per heavy atom. The van der Waals surface area contributed by atoms with E-state index >= 15 is 0 Å². The molecule has 2 aromatic rings. The summed E-state index contributed by atoms with van der Waals surface area (Å²) < 4.78 is 5.78. The van der Waals surface area contributed by atoms with Crippen molar-refractivity contribution in [2.75, 3.05) is 0 Å². The summed E-state index contributed by atoms with van der Waals surface area (Å²) in [6, 6.07) is 14.9. The summed E-state index contributed by atoms with van der Waals surface area (Å²) in [6.07, 6.45) is 7.74. The average molecular weight is 421 g/mol. The molecule has 1 heterocycles. The van der Waals surface area contributed by atoms with Crippen molar-refractivity contribution < 1.29 is 14.3 Å². The third-order valence-corrected chi connectivity index (χ3v) is 6.51. The Kier molecular flexibility index (Phi) is 4.91. The highest BCUT2D eigenvalue weighted by atomic mass is 35.5. The minimum Gasteiger partial charge on any atom is -0.489 e. The lowest BCUT2D eigenvalue weighted by Crippen LogP contribution is -2.38. The molecule has 5 nitrogen and oxygen atoms in total. The summed E-state index contributed by atoms with van der Waals surface area (Å²) in [5.41, 5.74) is 1.83. The number of imide groups is 1. The summed E-state index contributed by atoms with van der Waals surface area (Å²) in [5, 5.41) is 6.01. The van der Waals surface area contributed by atoms with Crippen molar-refractivity contribution in [3.05, 3.63) is 76.8 Å². The molecule has 0 radical (unpaired) electrons. The van der Waals surface area contributed by atoms with Gasteiger partial charge >= 0.3 is 0 Å². The van der Waals surface area contributed by atoms with E-state index in [4.69, 9.17) is 16.3 Å². The van der Waals surface area contributed by atoms with Gasteiger partial charge in [0.25, 0.3) is 11.8 Å². The molecule has 0 unspecified atom stereocenters. The highest BCUT2D eigenvalue weighted by Gasteiger charge is 2.56. The molecule has 1 saturated heterocycles. The molecular weight excluding hydrogens is 400 g/mol. The standard InChI is InChI=1S/C24H21ClN2O3/c25-19-9-1-16(2-10-19)14-30-20-11-3-15(4-12-20)13-26-27-23(28)21-17-5-6-18(8-7-17)22(21)24(27)29/h1-6,9-13,17-18,21-22H,7-8,14H2/b26-13-/t17-,18-,21-,22-/m0/s1. The SMILES string of the molecule is O=C1[C@@H]2[C@@H](C(=O)N1/N=C\c1ccc(OCc3ccc(Cl)cc3)cc1)[C@H]1C=C[C@H]2CC1. The average Bonchev–Trinajstić information content (AvgIpc) is 3.05. The summed E-state index contributed by atoms with van der Waals surface area (Å²) in [6.45, 7) is 0.445. The second kappa shape index (κ2) is 7.73. The summed E-state index contributed by atoms with van der Waals surface area (Å²) in [4.78, 5) is 25.6. The van der Waals surface area contributed by atoms with Crippen LogP contribution in [0.2, 0.25) is 5.02 Å². The zero-order chi connectivity index (χ0) is 20.7. The molecule has 6 rings (SSSR count). The Hall–Kier alpha value is -2.92. The number of nitrogens with zero attached hydrogens (tertiary/aromatic N) is 2. The van der Waals surface area contributed by atoms with Gasteiger partial charge in [-0.2, -0.15) is 10.1 Å². The molecule has 2 bridgehead atoms. The summed E-state index contributed by atoms with van der Waals surface area (Å²) >= 11 is 5.89. The molecule has 2 amide bonds. The van der Waals surface area contributed by atoms with Crippen molar-refractivity contribution in [1.82, 2.24) is 5.01 Å². The van der Waals surface area contributed by atoms with Crippen molar-refractivity contribution in [3.63, 3.8) is 0 Å². The van der Waals surface area contributed by atoms with Crippen LogP contribution in [0.1, 0.15) is 24.0 Å². The van der Waals surface area contributed by atoms with E-state index in [1.165, 1.54) is 0 Å². The molecule has 4 atom stereocenters. The van der Waals surface area contributed by atoms with E-state index in [2.05, 4.69) is 17.3 Å². The molecule has 0 aromatic heterocycles. The fourth-order valence-electron chi connectivity index (χ4n) is 4.69. The molecule has 0 N–H and O–H groups in total. The van der Waals surface area contributed by atoms with Crippen molar-refractivity contribution in [1.29, 1.82) is 0 Å². The van der Waals surface area contributed by atoms with Crippen LogP contribution in [0.25, 0.3) is 0 Å². The van der Waals surface area contributed by atoms with E-state index in [0.717, 1.165) is 34.7 Å². The van der Waals surface area contributed by atoms with E-state index in [-0.39, 0.29) is 35.5 Å². The molecule has 6 heteroatoms. The predicted octanol–water partition coefficient (Wildman–Crippen LogP) is 4.45. The maximum atomic E-state index is 12.8. The normalized spacial score (nSPS) is 27.2. The number of halogens is 1. The van der Waals surface area contributed by atoms with Gasteiger partial charge in [-0.15, -0.1) is 0 Å². The molecule has 152 valence electrons. The van der Waals surface area contributed by atoms with E-state index in [1.807, 2.05) is 48.5 Å². The van der Waals surface area contributed by atoms with Crippen molar-refractivity contribution in [3.8, 4) is 5.75 Å². The Morgan fingerprint density at radius 1 is 0.933 bits per heavy atom. The number of amides is 2. The number of rotatable bonds is 5. The third kappa shape index (κ3) is 3.43. The van der Waals surface area contributed by atoms with E-state index in [1.54, 1.807) is 6.21 Å². The highest BCUT2D eigenvalue weighted by molar-refractivity contribution is 6.30. The zero-order valence-corrected chi connectivity index (χ0v) is 17.0. The van der Waals surface area contributed by atoms with Gasteiger partial charge in [0.05, 0.1) is 18.1 Å². The van der Waals surface area contributed by atoms with Crippen LogP contribution in [0, 0.1) is 23.7 Å². The van der Waals surface area contributed by atoms with Gasteiger partial charge in [0, 0.05) is 5.02 Å². The molecule has 0 spiro atoms. The van der Waals surface area contributed by atoms with Crippen LogP contribution < -0.4 is 4.74 Å². The predicted molar refractivity (Wildman–Crippen MR) is 114 cm³/mol. The van der Waals surface area contributed by atoms with Gasteiger partial charge in [-0.3, -0.25) is 9.59 Å². The number of carbonyl (C=O) groups is 2. The first-order valence-corrected chi connectivity index (χ1v) is 10.6.